The largest absolute Gasteiger partial charge is 0.384 e. The molecule has 2 saturated heterocycles. The van der Waals surface area contributed by atoms with Crippen molar-refractivity contribution >= 4 is 17.7 Å². The molecule has 0 saturated carbocycles. The lowest BCUT2D eigenvalue weighted by Gasteiger charge is -2.40. The Morgan fingerprint density at radius 1 is 1.38 bits per heavy atom. The van der Waals surface area contributed by atoms with E-state index < -0.39 is 0 Å². The summed E-state index contributed by atoms with van der Waals surface area (Å²) in [5, 5.41) is 3.98. The van der Waals surface area contributed by atoms with Crippen molar-refractivity contribution in [3.8, 4) is 0 Å². The van der Waals surface area contributed by atoms with Gasteiger partial charge in [0.1, 0.15) is 0 Å². The molecule has 0 aliphatic carbocycles. The first kappa shape index (κ1) is 17.1. The third kappa shape index (κ3) is 4.36. The fraction of sp³-hybridized carbons (Fsp3) is 0.938. The van der Waals surface area contributed by atoms with E-state index in [-0.39, 0.29) is 5.41 Å². The van der Waals surface area contributed by atoms with Crippen LogP contribution in [0.2, 0.25) is 0 Å². The number of ether oxygens (including phenoxy) is 1. The van der Waals surface area contributed by atoms with Gasteiger partial charge in [0.05, 0.1) is 12.0 Å². The Morgan fingerprint density at radius 2 is 2.14 bits per heavy atom. The van der Waals surface area contributed by atoms with Gasteiger partial charge in [-0.25, -0.2) is 0 Å². The minimum Gasteiger partial charge on any atom is -0.384 e. The Labute approximate surface area is 133 Å². The van der Waals surface area contributed by atoms with Crippen LogP contribution in [-0.4, -0.2) is 61.7 Å². The molecule has 0 radical (unpaired) electrons. The fourth-order valence-corrected chi connectivity index (χ4v) is 4.69. The number of piperidine rings is 1. The molecule has 21 heavy (non-hydrogen) atoms. The van der Waals surface area contributed by atoms with Crippen LogP contribution in [0, 0.1) is 5.41 Å². The maximum Gasteiger partial charge on any atom is 0.231 e. The number of carbonyl (C=O) groups excluding carboxylic acids is 1. The zero-order valence-electron chi connectivity index (χ0n) is 13.5. The average molecular weight is 314 g/mol. The molecule has 2 rings (SSSR count). The number of nitrogens with one attached hydrogen (secondary N) is 1. The molecule has 0 bridgehead atoms. The lowest BCUT2D eigenvalue weighted by atomic mass is 9.78. The van der Waals surface area contributed by atoms with Gasteiger partial charge in [-0.3, -0.25) is 4.79 Å². The molecule has 0 aromatic rings. The molecule has 0 aromatic heterocycles. The zero-order valence-corrected chi connectivity index (χ0v) is 14.3. The molecular formula is C16H30N2O2S. The number of rotatable bonds is 5. The van der Waals surface area contributed by atoms with Gasteiger partial charge in [-0.15, -0.1) is 0 Å². The van der Waals surface area contributed by atoms with Gasteiger partial charge in [0.25, 0.3) is 0 Å². The molecule has 5 heteroatoms. The maximum absolute atomic E-state index is 13.2. The van der Waals surface area contributed by atoms with Crippen LogP contribution in [-0.2, 0) is 9.53 Å². The van der Waals surface area contributed by atoms with Gasteiger partial charge in [0.15, 0.2) is 0 Å². The Kier molecular flexibility index (Phi) is 6.83. The third-order valence-corrected chi connectivity index (χ3v) is 5.94. The summed E-state index contributed by atoms with van der Waals surface area (Å²) < 4.78 is 5.42. The van der Waals surface area contributed by atoms with Crippen LogP contribution in [0.15, 0.2) is 0 Å². The second kappa shape index (κ2) is 8.39. The Hall–Kier alpha value is -0.260. The first-order chi connectivity index (χ1) is 10.2. The van der Waals surface area contributed by atoms with Crippen molar-refractivity contribution in [2.45, 2.75) is 44.3 Å². The van der Waals surface area contributed by atoms with E-state index in [1.54, 1.807) is 7.11 Å². The van der Waals surface area contributed by atoms with Gasteiger partial charge in [0, 0.05) is 25.4 Å². The number of nitrogens with zero attached hydrogens (tertiary/aromatic N) is 1. The quantitative estimate of drug-likeness (QED) is 0.844. The highest BCUT2D eigenvalue weighted by atomic mass is 32.2. The molecule has 2 aliphatic heterocycles. The summed E-state index contributed by atoms with van der Waals surface area (Å²) in [6.45, 7) is 6.48. The summed E-state index contributed by atoms with van der Waals surface area (Å²) >= 11 is 2.01. The average Bonchev–Trinajstić information content (AvgIpc) is 2.74. The van der Waals surface area contributed by atoms with Crippen molar-refractivity contribution in [2.24, 2.45) is 5.41 Å². The molecule has 1 atom stereocenters. The number of likely N-dealkylation sites (tertiary alicyclic amines) is 1. The highest BCUT2D eigenvalue weighted by Crippen LogP contribution is 2.33. The van der Waals surface area contributed by atoms with Crippen LogP contribution in [0.3, 0.4) is 0 Å². The predicted molar refractivity (Wildman–Crippen MR) is 88.8 cm³/mol. The highest BCUT2D eigenvalue weighted by Gasteiger charge is 2.42. The van der Waals surface area contributed by atoms with Crippen LogP contribution < -0.4 is 5.32 Å². The molecule has 2 aliphatic rings. The first-order valence-electron chi connectivity index (χ1n) is 8.32. The van der Waals surface area contributed by atoms with Crippen molar-refractivity contribution in [1.82, 2.24) is 10.2 Å². The maximum atomic E-state index is 13.2. The van der Waals surface area contributed by atoms with E-state index in [2.05, 4.69) is 17.1 Å². The van der Waals surface area contributed by atoms with Crippen LogP contribution in [0.5, 0.6) is 0 Å². The molecule has 2 heterocycles. The molecule has 1 amide bonds. The monoisotopic (exact) mass is 314 g/mol. The number of methoxy groups -OCH3 is 1. The zero-order chi connectivity index (χ0) is 15.1. The van der Waals surface area contributed by atoms with E-state index in [0.717, 1.165) is 51.2 Å². The van der Waals surface area contributed by atoms with E-state index in [4.69, 9.17) is 4.74 Å². The molecule has 1 unspecified atom stereocenters. The lowest BCUT2D eigenvalue weighted by Crippen LogP contribution is -2.52. The molecule has 1 N–H and O–H groups in total. The second-order valence-corrected chi connectivity index (χ2v) is 7.86. The minimum absolute atomic E-state index is 0.286. The number of thioether (sulfide) groups is 1. The molecule has 4 nitrogen and oxygen atoms in total. The van der Waals surface area contributed by atoms with Gasteiger partial charge in [-0.2, -0.15) is 11.8 Å². The van der Waals surface area contributed by atoms with Gasteiger partial charge in [-0.05, 0) is 44.5 Å². The number of hydrogen-bond acceptors (Lipinski definition) is 4. The topological polar surface area (TPSA) is 41.6 Å². The second-order valence-electron chi connectivity index (χ2n) is 6.29. The molecule has 0 aromatic carbocycles. The van der Waals surface area contributed by atoms with Gasteiger partial charge >= 0.3 is 0 Å². The first-order valence-corrected chi connectivity index (χ1v) is 9.37. The molecule has 122 valence electrons. The van der Waals surface area contributed by atoms with Gasteiger partial charge in [-0.1, -0.05) is 13.3 Å². The van der Waals surface area contributed by atoms with Gasteiger partial charge in [0.2, 0.25) is 5.91 Å². The normalized spacial score (nSPS) is 26.4. The fourth-order valence-electron chi connectivity index (χ4n) is 3.60. The molecular weight excluding hydrogens is 284 g/mol. The predicted octanol–water partition coefficient (Wildman–Crippen LogP) is 2.14. The smallest absolute Gasteiger partial charge is 0.231 e. The number of amides is 1. The van der Waals surface area contributed by atoms with E-state index in [1.165, 1.54) is 12.8 Å². The van der Waals surface area contributed by atoms with Crippen molar-refractivity contribution in [2.75, 3.05) is 45.6 Å². The molecule has 0 spiro atoms. The van der Waals surface area contributed by atoms with Crippen LogP contribution in [0.4, 0.5) is 0 Å². The number of hydrogen-bond donors (Lipinski definition) is 1. The minimum atomic E-state index is -0.286. The van der Waals surface area contributed by atoms with E-state index in [9.17, 15) is 4.79 Å². The van der Waals surface area contributed by atoms with Crippen molar-refractivity contribution in [3.05, 3.63) is 0 Å². The number of carbonyl (C=O) groups is 1. The van der Waals surface area contributed by atoms with Crippen molar-refractivity contribution in [1.29, 1.82) is 0 Å². The summed E-state index contributed by atoms with van der Waals surface area (Å²) in [5.74, 6) is 1.48. The summed E-state index contributed by atoms with van der Waals surface area (Å²) in [5.41, 5.74) is -0.286. The summed E-state index contributed by atoms with van der Waals surface area (Å²) in [4.78, 5) is 15.3. The van der Waals surface area contributed by atoms with Crippen LogP contribution in [0.1, 0.15) is 39.0 Å². The van der Waals surface area contributed by atoms with Crippen molar-refractivity contribution in [3.63, 3.8) is 0 Å². The third-order valence-electron chi connectivity index (χ3n) is 4.75. The summed E-state index contributed by atoms with van der Waals surface area (Å²) in [7, 11) is 1.72. The van der Waals surface area contributed by atoms with E-state index in [0.29, 0.717) is 17.8 Å². The van der Waals surface area contributed by atoms with Gasteiger partial charge < -0.3 is 15.0 Å². The Morgan fingerprint density at radius 3 is 2.81 bits per heavy atom. The van der Waals surface area contributed by atoms with Crippen LogP contribution >= 0.6 is 11.8 Å². The SMILES string of the molecule is CCSC1CCCCN(C(=O)C2(COC)CCNCC2)C1. The van der Waals surface area contributed by atoms with E-state index in [1.807, 2.05) is 11.8 Å². The highest BCUT2D eigenvalue weighted by molar-refractivity contribution is 7.99. The Balaban J connectivity index is 2.07. The molecule has 2 fully saturated rings. The lowest BCUT2D eigenvalue weighted by molar-refractivity contribution is -0.147. The Bertz CT molecular complexity index is 327. The summed E-state index contributed by atoms with van der Waals surface area (Å²) in [6, 6.07) is 0. The van der Waals surface area contributed by atoms with E-state index >= 15 is 0 Å². The van der Waals surface area contributed by atoms with Crippen molar-refractivity contribution < 1.29 is 9.53 Å². The van der Waals surface area contributed by atoms with Crippen LogP contribution in [0.25, 0.3) is 0 Å². The summed E-state index contributed by atoms with van der Waals surface area (Å²) in [6.07, 6.45) is 5.46. The standard InChI is InChI=1S/C16H30N2O2S/c1-3-21-14-6-4-5-11-18(12-14)15(19)16(13-20-2)7-9-17-10-8-16/h14,17H,3-13H2,1-2H3.